The number of nitrogens with one attached hydrogen (secondary N) is 1. The lowest BCUT2D eigenvalue weighted by molar-refractivity contribution is 0.0692. The summed E-state index contributed by atoms with van der Waals surface area (Å²) in [7, 11) is 0. The zero-order valence-electron chi connectivity index (χ0n) is 15.7. The Kier molecular flexibility index (Phi) is 5.37. The minimum atomic E-state index is 0.112. The van der Waals surface area contributed by atoms with Crippen LogP contribution in [-0.4, -0.2) is 51.8 Å². The molecule has 0 radical (unpaired) electrons. The summed E-state index contributed by atoms with van der Waals surface area (Å²) in [5, 5.41) is 8.72. The summed E-state index contributed by atoms with van der Waals surface area (Å²) >= 11 is 0. The van der Waals surface area contributed by atoms with Crippen molar-refractivity contribution in [3.63, 3.8) is 0 Å². The molecule has 0 saturated carbocycles. The number of aromatic nitrogens is 3. The monoisotopic (exact) mass is 343 g/mol. The van der Waals surface area contributed by atoms with Gasteiger partial charge in [0.25, 0.3) is 5.91 Å². The van der Waals surface area contributed by atoms with Crippen LogP contribution in [0.3, 0.4) is 0 Å². The summed E-state index contributed by atoms with van der Waals surface area (Å²) in [5.41, 5.74) is 2.40. The van der Waals surface area contributed by atoms with E-state index in [4.69, 9.17) is 0 Å². The highest BCUT2D eigenvalue weighted by molar-refractivity contribution is 6.05. The van der Waals surface area contributed by atoms with E-state index in [0.717, 1.165) is 61.3 Å². The third-order valence-electron chi connectivity index (χ3n) is 5.00. The van der Waals surface area contributed by atoms with E-state index in [0.29, 0.717) is 5.92 Å². The Morgan fingerprint density at radius 1 is 1.36 bits per heavy atom. The molecule has 2 aromatic heterocycles. The number of pyridine rings is 1. The highest BCUT2D eigenvalue weighted by Gasteiger charge is 2.26. The van der Waals surface area contributed by atoms with E-state index in [1.54, 1.807) is 6.20 Å². The Morgan fingerprint density at radius 3 is 2.72 bits per heavy atom. The van der Waals surface area contributed by atoms with E-state index < -0.39 is 0 Å². The van der Waals surface area contributed by atoms with Gasteiger partial charge < -0.3 is 10.2 Å². The van der Waals surface area contributed by atoms with Gasteiger partial charge in [-0.2, -0.15) is 5.10 Å². The van der Waals surface area contributed by atoms with Gasteiger partial charge in [-0.1, -0.05) is 6.92 Å². The predicted molar refractivity (Wildman–Crippen MR) is 99.8 cm³/mol. The molecule has 6 heteroatoms. The largest absolute Gasteiger partial charge is 0.339 e. The normalized spacial score (nSPS) is 16.1. The highest BCUT2D eigenvalue weighted by atomic mass is 16.2. The van der Waals surface area contributed by atoms with Crippen LogP contribution in [0, 0.1) is 12.8 Å². The first-order valence-corrected chi connectivity index (χ1v) is 9.36. The van der Waals surface area contributed by atoms with Crippen LogP contribution in [0.1, 0.15) is 55.7 Å². The number of likely N-dealkylation sites (tertiary alicyclic amines) is 1. The van der Waals surface area contributed by atoms with Crippen LogP contribution >= 0.6 is 0 Å². The molecule has 25 heavy (non-hydrogen) atoms. The van der Waals surface area contributed by atoms with Gasteiger partial charge in [-0.15, -0.1) is 0 Å². The fourth-order valence-electron chi connectivity index (χ4n) is 3.56. The van der Waals surface area contributed by atoms with Crippen molar-refractivity contribution in [1.82, 2.24) is 25.0 Å². The summed E-state index contributed by atoms with van der Waals surface area (Å²) in [4.78, 5) is 19.7. The first-order valence-electron chi connectivity index (χ1n) is 9.36. The summed E-state index contributed by atoms with van der Waals surface area (Å²) in [6.45, 7) is 11.9. The predicted octanol–water partition coefficient (Wildman–Crippen LogP) is 2.78. The average molecular weight is 343 g/mol. The SMILES string of the molecule is CCNCC1CCN(C(=O)c2cc(C)nc3c2cnn3C(C)C)CC1. The van der Waals surface area contributed by atoms with Gasteiger partial charge in [0.1, 0.15) is 0 Å². The first kappa shape index (κ1) is 17.9. The van der Waals surface area contributed by atoms with E-state index in [-0.39, 0.29) is 11.9 Å². The molecule has 2 aromatic rings. The molecule has 6 nitrogen and oxygen atoms in total. The topological polar surface area (TPSA) is 63.1 Å². The lowest BCUT2D eigenvalue weighted by Gasteiger charge is -2.32. The van der Waals surface area contributed by atoms with Gasteiger partial charge in [0, 0.05) is 24.8 Å². The number of hydrogen-bond donors (Lipinski definition) is 1. The molecule has 0 atom stereocenters. The maximum atomic E-state index is 13.1. The van der Waals surface area contributed by atoms with Crippen LogP contribution in [0.4, 0.5) is 0 Å². The quantitative estimate of drug-likeness (QED) is 0.907. The van der Waals surface area contributed by atoms with Gasteiger partial charge in [0.05, 0.1) is 17.1 Å². The Labute approximate surface area is 149 Å². The van der Waals surface area contributed by atoms with Crippen molar-refractivity contribution in [3.05, 3.63) is 23.5 Å². The Morgan fingerprint density at radius 2 is 2.08 bits per heavy atom. The van der Waals surface area contributed by atoms with E-state index in [9.17, 15) is 4.79 Å². The average Bonchev–Trinajstić information content (AvgIpc) is 3.03. The second-order valence-electron chi connectivity index (χ2n) is 7.27. The van der Waals surface area contributed by atoms with Gasteiger partial charge in [0.2, 0.25) is 0 Å². The van der Waals surface area contributed by atoms with E-state index in [1.165, 1.54) is 0 Å². The van der Waals surface area contributed by atoms with Crippen LogP contribution in [-0.2, 0) is 0 Å². The van der Waals surface area contributed by atoms with Gasteiger partial charge in [-0.05, 0) is 58.7 Å². The summed E-state index contributed by atoms with van der Waals surface area (Å²) in [6, 6.07) is 2.12. The molecule has 0 aliphatic carbocycles. The summed E-state index contributed by atoms with van der Waals surface area (Å²) in [6.07, 6.45) is 3.92. The summed E-state index contributed by atoms with van der Waals surface area (Å²) in [5.74, 6) is 0.785. The molecule has 1 N–H and O–H groups in total. The lowest BCUT2D eigenvalue weighted by atomic mass is 9.96. The second kappa shape index (κ2) is 7.52. The fourth-order valence-corrected chi connectivity index (χ4v) is 3.56. The molecule has 0 bridgehead atoms. The minimum Gasteiger partial charge on any atom is -0.339 e. The molecule has 1 amide bonds. The van der Waals surface area contributed by atoms with Gasteiger partial charge >= 0.3 is 0 Å². The van der Waals surface area contributed by atoms with Gasteiger partial charge in [-0.3, -0.25) is 4.79 Å². The van der Waals surface area contributed by atoms with Crippen LogP contribution in [0.15, 0.2) is 12.3 Å². The standard InChI is InChI=1S/C19H29N5O/c1-5-20-11-15-6-8-23(9-7-15)19(25)16-10-14(4)22-18-17(16)12-21-24(18)13(2)3/h10,12-13,15,20H,5-9,11H2,1-4H3. The smallest absolute Gasteiger partial charge is 0.254 e. The molecule has 0 unspecified atom stereocenters. The molecule has 0 spiro atoms. The molecule has 3 heterocycles. The number of piperidine rings is 1. The zero-order valence-corrected chi connectivity index (χ0v) is 15.7. The van der Waals surface area contributed by atoms with Gasteiger partial charge in [-0.25, -0.2) is 9.67 Å². The number of fused-ring (bicyclic) bond motifs is 1. The fraction of sp³-hybridized carbons (Fsp3) is 0.632. The number of amides is 1. The van der Waals surface area contributed by atoms with Crippen molar-refractivity contribution >= 4 is 16.9 Å². The number of rotatable bonds is 5. The zero-order chi connectivity index (χ0) is 18.0. The van der Waals surface area contributed by atoms with Crippen molar-refractivity contribution in [2.75, 3.05) is 26.2 Å². The molecule has 1 saturated heterocycles. The Balaban J connectivity index is 1.81. The number of hydrogen-bond acceptors (Lipinski definition) is 4. The molecule has 1 aliphatic rings. The van der Waals surface area contributed by atoms with Crippen molar-refractivity contribution in [2.24, 2.45) is 5.92 Å². The maximum absolute atomic E-state index is 13.1. The van der Waals surface area contributed by atoms with Crippen LogP contribution in [0.5, 0.6) is 0 Å². The molecule has 1 aliphatic heterocycles. The first-order chi connectivity index (χ1) is 12.0. The summed E-state index contributed by atoms with van der Waals surface area (Å²) < 4.78 is 1.89. The molecule has 3 rings (SSSR count). The molecular weight excluding hydrogens is 314 g/mol. The third-order valence-corrected chi connectivity index (χ3v) is 5.00. The van der Waals surface area contributed by atoms with E-state index in [2.05, 4.69) is 36.2 Å². The minimum absolute atomic E-state index is 0.112. The Bertz CT molecular complexity index is 744. The van der Waals surface area contributed by atoms with Crippen molar-refractivity contribution in [1.29, 1.82) is 0 Å². The molecule has 0 aromatic carbocycles. The highest BCUT2D eigenvalue weighted by Crippen LogP contribution is 2.24. The number of nitrogens with zero attached hydrogens (tertiary/aromatic N) is 4. The van der Waals surface area contributed by atoms with E-state index >= 15 is 0 Å². The van der Waals surface area contributed by atoms with Crippen molar-refractivity contribution < 1.29 is 4.79 Å². The van der Waals surface area contributed by atoms with Gasteiger partial charge in [0.15, 0.2) is 5.65 Å². The second-order valence-corrected chi connectivity index (χ2v) is 7.27. The molecule has 136 valence electrons. The van der Waals surface area contributed by atoms with E-state index in [1.807, 2.05) is 22.6 Å². The number of aryl methyl sites for hydroxylation is 1. The van der Waals surface area contributed by atoms with Crippen molar-refractivity contribution in [2.45, 2.75) is 46.6 Å². The molecular formula is C19H29N5O. The third kappa shape index (κ3) is 3.68. The molecule has 1 fully saturated rings. The lowest BCUT2D eigenvalue weighted by Crippen LogP contribution is -2.40. The van der Waals surface area contributed by atoms with Crippen LogP contribution < -0.4 is 5.32 Å². The number of carbonyl (C=O) groups excluding carboxylic acids is 1. The van der Waals surface area contributed by atoms with Crippen LogP contribution in [0.25, 0.3) is 11.0 Å². The van der Waals surface area contributed by atoms with Crippen LogP contribution in [0.2, 0.25) is 0 Å². The maximum Gasteiger partial charge on any atom is 0.254 e. The van der Waals surface area contributed by atoms with Crippen molar-refractivity contribution in [3.8, 4) is 0 Å². The number of carbonyl (C=O) groups is 1. The Hall–Kier alpha value is -1.95.